The smallest absolute Gasteiger partial charge is 0.251 e. The Labute approximate surface area is 515 Å². The minimum Gasteiger partial charge on any atom is -0.491 e. The van der Waals surface area contributed by atoms with Gasteiger partial charge in [-0.1, -0.05) is 57.2 Å². The van der Waals surface area contributed by atoms with Gasteiger partial charge in [0.25, 0.3) is 5.56 Å². The van der Waals surface area contributed by atoms with Gasteiger partial charge in [0.1, 0.15) is 31.0 Å². The summed E-state index contributed by atoms with van der Waals surface area (Å²) >= 11 is 1.57. The molecule has 4 heterocycles. The van der Waals surface area contributed by atoms with E-state index in [9.17, 15) is 29.1 Å². The van der Waals surface area contributed by atoms with Crippen molar-refractivity contribution < 1.29 is 62.2 Å². The second-order valence-corrected chi connectivity index (χ2v) is 23.9. The third-order valence-electron chi connectivity index (χ3n) is 15.5. The second-order valence-electron chi connectivity index (χ2n) is 23.1. The number of Topliss-reactive ketones (excluding diaryl/α,β-unsaturated/α-hetero) is 1. The molecule has 0 radical (unpaired) electrons. The summed E-state index contributed by atoms with van der Waals surface area (Å²) in [7, 11) is 0. The fourth-order valence-electron chi connectivity index (χ4n) is 10.9. The summed E-state index contributed by atoms with van der Waals surface area (Å²) in [4.78, 5) is 79.3. The highest BCUT2D eigenvalue weighted by Crippen LogP contribution is 2.36. The molecule has 2 saturated heterocycles. The lowest BCUT2D eigenvalue weighted by atomic mass is 9.85. The van der Waals surface area contributed by atoms with Crippen molar-refractivity contribution in [2.24, 2.45) is 5.41 Å². The van der Waals surface area contributed by atoms with E-state index in [1.165, 1.54) is 4.90 Å². The Morgan fingerprint density at radius 1 is 0.793 bits per heavy atom. The number of aliphatic hydroxyl groups excluding tert-OH is 1. The van der Waals surface area contributed by atoms with Gasteiger partial charge in [-0.3, -0.25) is 24.0 Å². The van der Waals surface area contributed by atoms with Crippen LogP contribution in [0.25, 0.3) is 21.6 Å². The molecule has 0 spiro atoms. The standard InChI is InChI=1S/C66H90N6O14S/c1-9-71(52-20-22-79-23-21-52)57-38-51(37-56(46(57)4)59(74)19-18-55-44(2)36-45(3)69-63(55)76)49-14-16-54(17-15-49)86-35-34-84-31-30-82-27-26-80-24-25-81-28-29-83-32-33-85-42-60(75)70-62(66(6,7)8)65(78)72-41-53(73)39-58(72)64(77)67-40-48-10-12-50(13-11-48)61-47(5)68-43-87-61/h10-17,36-38,43,52-53,58,62,73H,9,18-35,39-42H2,1-8H3,(H,67,77)(H,69,76)(H,70,75)/t53-,58+,62-/m1/s1. The van der Waals surface area contributed by atoms with Crippen molar-refractivity contribution in [2.45, 2.75) is 118 Å². The highest BCUT2D eigenvalue weighted by molar-refractivity contribution is 7.13. The van der Waals surface area contributed by atoms with Gasteiger partial charge in [0.05, 0.1) is 94.9 Å². The van der Waals surface area contributed by atoms with E-state index in [0.717, 1.165) is 74.7 Å². The number of benzene rings is 3. The molecule has 3 aromatic carbocycles. The molecule has 21 heteroatoms. The summed E-state index contributed by atoms with van der Waals surface area (Å²) in [6.07, 6.45) is 1.65. The van der Waals surface area contributed by atoms with Crippen LogP contribution in [0.4, 0.5) is 5.69 Å². The minimum atomic E-state index is -0.972. The number of aromatic amines is 1. The molecule has 3 amide bonds. The maximum atomic E-state index is 14.0. The lowest BCUT2D eigenvalue weighted by Crippen LogP contribution is -2.58. The number of nitrogens with one attached hydrogen (secondary N) is 3. The maximum Gasteiger partial charge on any atom is 0.251 e. The van der Waals surface area contributed by atoms with E-state index < -0.39 is 35.4 Å². The Balaban J connectivity index is 0.706. The number of hydrogen-bond donors (Lipinski definition) is 4. The van der Waals surface area contributed by atoms with Crippen LogP contribution in [0, 0.1) is 33.1 Å². The van der Waals surface area contributed by atoms with Crippen LogP contribution < -0.4 is 25.8 Å². The molecular weight excluding hydrogens is 1130 g/mol. The summed E-state index contributed by atoms with van der Waals surface area (Å²) in [5.74, 6) is -0.602. The number of carbonyl (C=O) groups is 4. The van der Waals surface area contributed by atoms with E-state index in [1.807, 2.05) is 115 Å². The molecule has 474 valence electrons. The van der Waals surface area contributed by atoms with E-state index in [-0.39, 0.29) is 63.0 Å². The van der Waals surface area contributed by atoms with Gasteiger partial charge in [0.2, 0.25) is 17.7 Å². The monoisotopic (exact) mass is 1220 g/mol. The molecule has 2 aliphatic heterocycles. The van der Waals surface area contributed by atoms with E-state index in [1.54, 1.807) is 11.3 Å². The number of hydrogen-bond acceptors (Lipinski definition) is 17. The summed E-state index contributed by atoms with van der Waals surface area (Å²) < 4.78 is 45.4. The zero-order valence-corrected chi connectivity index (χ0v) is 52.8. The zero-order valence-electron chi connectivity index (χ0n) is 52.0. The van der Waals surface area contributed by atoms with E-state index >= 15 is 0 Å². The van der Waals surface area contributed by atoms with E-state index in [2.05, 4.69) is 38.5 Å². The van der Waals surface area contributed by atoms with Crippen molar-refractivity contribution in [3.63, 3.8) is 0 Å². The molecule has 7 rings (SSSR count). The molecule has 20 nitrogen and oxygen atoms in total. The zero-order chi connectivity index (χ0) is 62.3. The Kier molecular flexibility index (Phi) is 26.9. The highest BCUT2D eigenvalue weighted by Gasteiger charge is 2.44. The quantitative estimate of drug-likeness (QED) is 0.0227. The van der Waals surface area contributed by atoms with Gasteiger partial charge < -0.3 is 68.4 Å². The Bertz CT molecular complexity index is 3050. The molecule has 0 saturated carbocycles. The van der Waals surface area contributed by atoms with Gasteiger partial charge in [-0.15, -0.1) is 11.3 Å². The van der Waals surface area contributed by atoms with E-state index in [4.69, 9.17) is 37.9 Å². The topological polar surface area (TPSA) is 239 Å². The van der Waals surface area contributed by atoms with E-state index in [0.29, 0.717) is 109 Å². The van der Waals surface area contributed by atoms with Crippen LogP contribution in [0.15, 0.2) is 77.0 Å². The van der Waals surface area contributed by atoms with Crippen LogP contribution in [0.3, 0.4) is 0 Å². The molecule has 2 aliphatic rings. The second kappa shape index (κ2) is 34.4. The Hall–Kier alpha value is -6.40. The summed E-state index contributed by atoms with van der Waals surface area (Å²) in [5, 5.41) is 16.3. The fourth-order valence-corrected chi connectivity index (χ4v) is 11.7. The molecule has 4 N–H and O–H groups in total. The van der Waals surface area contributed by atoms with Crippen LogP contribution in [0.5, 0.6) is 5.75 Å². The molecule has 2 fully saturated rings. The number of likely N-dealkylation sites (tertiary alicyclic amines) is 1. The van der Waals surface area contributed by atoms with Crippen LogP contribution in [0.2, 0.25) is 0 Å². The minimum absolute atomic E-state index is 0.00631. The van der Waals surface area contributed by atoms with Gasteiger partial charge in [0.15, 0.2) is 5.78 Å². The number of rotatable bonds is 35. The number of carbonyl (C=O) groups excluding carboxylic acids is 4. The third kappa shape index (κ3) is 20.6. The van der Waals surface area contributed by atoms with Gasteiger partial charge in [-0.25, -0.2) is 4.98 Å². The van der Waals surface area contributed by atoms with Crippen molar-refractivity contribution in [3.05, 3.63) is 122 Å². The number of β-amino-alcohol motifs (C(OH)–C–C–N with tert-alkyl or cyclic N) is 1. The van der Waals surface area contributed by atoms with Crippen LogP contribution >= 0.6 is 11.3 Å². The first-order valence-corrected chi connectivity index (χ1v) is 31.3. The van der Waals surface area contributed by atoms with Crippen LogP contribution in [-0.4, -0.2) is 180 Å². The number of anilines is 1. The predicted molar refractivity (Wildman–Crippen MR) is 335 cm³/mol. The summed E-state index contributed by atoms with van der Waals surface area (Å²) in [6.45, 7) is 21.8. The average molecular weight is 1220 g/mol. The molecule has 2 aromatic heterocycles. The number of aryl methyl sites for hydroxylation is 3. The van der Waals surface area contributed by atoms with Gasteiger partial charge in [-0.2, -0.15) is 0 Å². The maximum absolute atomic E-state index is 14.0. The summed E-state index contributed by atoms with van der Waals surface area (Å²) in [5.41, 5.74) is 10.8. The fraction of sp³-hybridized carbons (Fsp3) is 0.545. The molecule has 5 aromatic rings. The van der Waals surface area contributed by atoms with Crippen molar-refractivity contribution in [3.8, 4) is 27.3 Å². The number of ketones is 1. The Morgan fingerprint density at radius 3 is 1.97 bits per heavy atom. The average Bonchev–Trinajstić information content (AvgIpc) is 2.88. The lowest BCUT2D eigenvalue weighted by Gasteiger charge is -2.37. The first-order valence-electron chi connectivity index (χ1n) is 30.4. The predicted octanol–water partition coefficient (Wildman–Crippen LogP) is 7.51. The number of pyridine rings is 1. The number of amides is 3. The lowest BCUT2D eigenvalue weighted by molar-refractivity contribution is -0.144. The number of thiazole rings is 1. The van der Waals surface area contributed by atoms with Gasteiger partial charge >= 0.3 is 0 Å². The Morgan fingerprint density at radius 2 is 1.39 bits per heavy atom. The molecule has 0 unspecified atom stereocenters. The van der Waals surface area contributed by atoms with Crippen molar-refractivity contribution in [2.75, 3.05) is 117 Å². The van der Waals surface area contributed by atoms with Gasteiger partial charge in [0, 0.05) is 74.2 Å². The number of H-pyrrole nitrogens is 1. The third-order valence-corrected chi connectivity index (χ3v) is 16.5. The van der Waals surface area contributed by atoms with Crippen LogP contribution in [0.1, 0.15) is 97.4 Å². The molecular formula is C66H90N6O14S. The SMILES string of the molecule is CCN(c1cc(-c2ccc(OCCOCCOCCOCCOCCOCCOCC(=O)N[C@H](C(=O)N3C[C@H](O)C[C@H]3C(=O)NCc3ccc(-c4scnc4C)cc3)C(C)(C)C)cc2)cc(C(=O)CCc2c(C)cc(C)[nH]c2=O)c1C)C1CCOCC1. The molecule has 0 aliphatic carbocycles. The summed E-state index contributed by atoms with van der Waals surface area (Å²) in [6, 6.07) is 20.3. The van der Waals surface area contributed by atoms with Crippen molar-refractivity contribution >= 4 is 40.5 Å². The number of aliphatic hydroxyl groups is 1. The van der Waals surface area contributed by atoms with Gasteiger partial charge in [-0.05, 0) is 123 Å². The van der Waals surface area contributed by atoms with Crippen molar-refractivity contribution in [1.29, 1.82) is 0 Å². The highest BCUT2D eigenvalue weighted by atomic mass is 32.1. The van der Waals surface area contributed by atoms with Crippen LogP contribution in [-0.2, 0) is 60.5 Å². The first-order chi connectivity index (χ1) is 41.9. The molecule has 0 bridgehead atoms. The first kappa shape index (κ1) is 68.1. The number of aromatic nitrogens is 2. The normalized spacial score (nSPS) is 15.8. The molecule has 87 heavy (non-hydrogen) atoms. The largest absolute Gasteiger partial charge is 0.491 e. The molecule has 3 atom stereocenters. The number of ether oxygens (including phenoxy) is 8. The van der Waals surface area contributed by atoms with Crippen molar-refractivity contribution in [1.82, 2.24) is 25.5 Å². The number of nitrogens with zero attached hydrogens (tertiary/aromatic N) is 3.